The summed E-state index contributed by atoms with van der Waals surface area (Å²) in [6, 6.07) is 8.02. The van der Waals surface area contributed by atoms with Crippen LogP contribution in [0.5, 0.6) is 0 Å². The van der Waals surface area contributed by atoms with Crippen LogP contribution < -0.4 is 0 Å². The number of benzene rings is 1. The molecule has 0 spiro atoms. The molecule has 1 fully saturated rings. The molecule has 0 unspecified atom stereocenters. The Labute approximate surface area is 139 Å². The molecule has 1 aliphatic rings. The molecule has 2 rings (SSSR count). The van der Waals surface area contributed by atoms with E-state index >= 15 is 0 Å². The second-order valence-corrected chi connectivity index (χ2v) is 4.16. The summed E-state index contributed by atoms with van der Waals surface area (Å²) < 4.78 is 0. The van der Waals surface area contributed by atoms with Crippen molar-refractivity contribution in [2.45, 2.75) is 38.5 Å². The summed E-state index contributed by atoms with van der Waals surface area (Å²) in [5.41, 5.74) is 2.27. The summed E-state index contributed by atoms with van der Waals surface area (Å²) in [6.45, 7) is 25.4. The lowest BCUT2D eigenvalue weighted by atomic mass is 10.0. The van der Waals surface area contributed by atoms with Crippen LogP contribution in [-0.2, 0) is 0 Å². The van der Waals surface area contributed by atoms with Crippen molar-refractivity contribution < 1.29 is 0 Å². The zero-order valence-electron chi connectivity index (χ0n) is 14.4. The summed E-state index contributed by atoms with van der Waals surface area (Å²) in [6.07, 6.45) is 12.7. The Morgan fingerprint density at radius 2 is 0.773 bits per heavy atom. The topological polar surface area (TPSA) is 0 Å². The Morgan fingerprint density at radius 1 is 0.545 bits per heavy atom. The molecule has 0 heterocycles. The Morgan fingerprint density at radius 3 is 0.955 bits per heavy atom. The highest BCUT2D eigenvalue weighted by Gasteiger charge is 1.95. The van der Waals surface area contributed by atoms with E-state index in [1.54, 1.807) is 0 Å². The van der Waals surface area contributed by atoms with E-state index in [1.165, 1.54) is 38.5 Å². The molecule has 0 saturated heterocycles. The average Bonchev–Trinajstić information content (AvgIpc) is 2.68. The van der Waals surface area contributed by atoms with Gasteiger partial charge in [0, 0.05) is 0 Å². The van der Waals surface area contributed by atoms with E-state index in [9.17, 15) is 0 Å². The molecule has 122 valence electrons. The van der Waals surface area contributed by atoms with Crippen molar-refractivity contribution in [1.82, 2.24) is 0 Å². The molecular weight excluding hydrogens is 264 g/mol. The molecule has 0 radical (unpaired) electrons. The van der Waals surface area contributed by atoms with Crippen molar-refractivity contribution in [2.24, 2.45) is 0 Å². The molecule has 0 N–H and O–H groups in total. The van der Waals surface area contributed by atoms with Gasteiger partial charge in [0.2, 0.25) is 0 Å². The van der Waals surface area contributed by atoms with Gasteiger partial charge in [-0.3, -0.25) is 0 Å². The zero-order valence-corrected chi connectivity index (χ0v) is 14.4. The van der Waals surface area contributed by atoms with Crippen LogP contribution in [0, 0.1) is 0 Å². The van der Waals surface area contributed by atoms with Gasteiger partial charge in [-0.2, -0.15) is 0 Å². The van der Waals surface area contributed by atoms with E-state index in [0.717, 1.165) is 11.1 Å². The van der Waals surface area contributed by atoms with Crippen LogP contribution in [0.2, 0.25) is 0 Å². The predicted molar refractivity (Wildman–Crippen MR) is 108 cm³/mol. The Hall–Kier alpha value is -2.08. The van der Waals surface area contributed by atoms with Crippen molar-refractivity contribution in [1.29, 1.82) is 0 Å². The maximum absolute atomic E-state index is 3.69. The molecule has 22 heavy (non-hydrogen) atoms. The van der Waals surface area contributed by atoms with Crippen molar-refractivity contribution in [3.05, 3.63) is 88.0 Å². The maximum Gasteiger partial charge on any atom is -0.0190 e. The summed E-state index contributed by atoms with van der Waals surface area (Å²) >= 11 is 0. The van der Waals surface area contributed by atoms with Gasteiger partial charge in [-0.15, -0.1) is 39.5 Å². The Balaban J connectivity index is -0.000000258. The lowest BCUT2D eigenvalue weighted by molar-refractivity contribution is 0.504. The summed E-state index contributed by atoms with van der Waals surface area (Å²) in [5, 5.41) is 0. The number of rotatable bonds is 2. The second-order valence-electron chi connectivity index (χ2n) is 4.16. The summed E-state index contributed by atoms with van der Waals surface area (Å²) in [5.74, 6) is 0. The molecule has 1 saturated carbocycles. The molecule has 0 nitrogen and oxygen atoms in total. The van der Waals surface area contributed by atoms with E-state index in [1.807, 2.05) is 36.4 Å². The quantitative estimate of drug-likeness (QED) is 0.490. The predicted octanol–water partition coefficient (Wildman–Crippen LogP) is 7.72. The van der Waals surface area contributed by atoms with Gasteiger partial charge in [0.1, 0.15) is 0 Å². The van der Waals surface area contributed by atoms with Gasteiger partial charge >= 0.3 is 0 Å². The molecular formula is C22H34. The molecule has 0 aromatic heterocycles. The molecule has 0 atom stereocenters. The third kappa shape index (κ3) is 14.3. The monoisotopic (exact) mass is 298 g/mol. The molecule has 0 bridgehead atoms. The van der Waals surface area contributed by atoms with E-state index in [0.29, 0.717) is 0 Å². The number of hydrogen-bond donors (Lipinski definition) is 0. The fraction of sp³-hybridized carbons (Fsp3) is 0.273. The standard InChI is InChI=1S/C10H10.C6H12.3C2H4/c1-3-9-7-5-6-8-10(9)4-2;1-2-4-6-5-3-1;3*1-2/h3-8H,1-2H2;1-6H2;3*1-2H2. The highest BCUT2D eigenvalue weighted by atomic mass is 14.0. The van der Waals surface area contributed by atoms with Crippen molar-refractivity contribution in [2.75, 3.05) is 0 Å². The molecule has 0 amide bonds. The first-order valence-corrected chi connectivity index (χ1v) is 7.72. The largest absolute Gasteiger partial charge is 0.106 e. The van der Waals surface area contributed by atoms with E-state index < -0.39 is 0 Å². The van der Waals surface area contributed by atoms with Gasteiger partial charge in [-0.05, 0) is 11.1 Å². The van der Waals surface area contributed by atoms with Gasteiger partial charge < -0.3 is 0 Å². The van der Waals surface area contributed by atoms with Gasteiger partial charge in [-0.1, -0.05) is 88.1 Å². The van der Waals surface area contributed by atoms with Crippen LogP contribution in [0.4, 0.5) is 0 Å². The van der Waals surface area contributed by atoms with Crippen LogP contribution in [0.1, 0.15) is 49.7 Å². The Kier molecular flexibility index (Phi) is 27.1. The minimum atomic E-state index is 1.14. The van der Waals surface area contributed by atoms with Crippen molar-refractivity contribution in [3.63, 3.8) is 0 Å². The van der Waals surface area contributed by atoms with Crippen LogP contribution >= 0.6 is 0 Å². The lowest BCUT2D eigenvalue weighted by Crippen LogP contribution is -1.85. The first-order valence-electron chi connectivity index (χ1n) is 7.72. The fourth-order valence-corrected chi connectivity index (χ4v) is 1.94. The smallest absolute Gasteiger partial charge is 0.0190 e. The number of hydrogen-bond acceptors (Lipinski definition) is 0. The summed E-state index contributed by atoms with van der Waals surface area (Å²) in [7, 11) is 0. The first-order chi connectivity index (χ1) is 10.9. The molecule has 0 heteroatoms. The third-order valence-electron chi connectivity index (χ3n) is 2.94. The van der Waals surface area contributed by atoms with Crippen LogP contribution in [0.15, 0.2) is 76.9 Å². The Bertz CT molecular complexity index is 315. The van der Waals surface area contributed by atoms with Crippen molar-refractivity contribution >= 4 is 12.2 Å². The minimum absolute atomic E-state index is 1.14. The van der Waals surface area contributed by atoms with Crippen molar-refractivity contribution in [3.8, 4) is 0 Å². The van der Waals surface area contributed by atoms with Gasteiger partial charge in [0.15, 0.2) is 0 Å². The fourth-order valence-electron chi connectivity index (χ4n) is 1.94. The normalized spacial score (nSPS) is 11.1. The van der Waals surface area contributed by atoms with E-state index in [4.69, 9.17) is 0 Å². The van der Waals surface area contributed by atoms with Gasteiger partial charge in [0.05, 0.1) is 0 Å². The van der Waals surface area contributed by atoms with E-state index in [-0.39, 0.29) is 0 Å². The van der Waals surface area contributed by atoms with Crippen LogP contribution in [0.3, 0.4) is 0 Å². The van der Waals surface area contributed by atoms with E-state index in [2.05, 4.69) is 52.6 Å². The highest BCUT2D eigenvalue weighted by Crippen LogP contribution is 2.15. The lowest BCUT2D eigenvalue weighted by Gasteiger charge is -2.05. The molecule has 0 aliphatic heterocycles. The highest BCUT2D eigenvalue weighted by molar-refractivity contribution is 5.63. The van der Waals surface area contributed by atoms with Gasteiger partial charge in [-0.25, -0.2) is 0 Å². The van der Waals surface area contributed by atoms with Crippen LogP contribution in [0.25, 0.3) is 12.2 Å². The third-order valence-corrected chi connectivity index (χ3v) is 2.94. The van der Waals surface area contributed by atoms with Crippen LogP contribution in [-0.4, -0.2) is 0 Å². The maximum atomic E-state index is 3.69. The zero-order chi connectivity index (χ0) is 17.6. The minimum Gasteiger partial charge on any atom is -0.106 e. The van der Waals surface area contributed by atoms with Gasteiger partial charge in [0.25, 0.3) is 0 Å². The first kappa shape index (κ1) is 24.9. The average molecular weight is 299 g/mol. The molecule has 1 aliphatic carbocycles. The molecule has 1 aromatic rings. The second kappa shape index (κ2) is 24.0. The molecule has 1 aromatic carbocycles. The summed E-state index contributed by atoms with van der Waals surface area (Å²) in [4.78, 5) is 0. The SMILES string of the molecule is C1CCCCC1.C=C.C=C.C=C.C=Cc1ccccc1C=C.